The summed E-state index contributed by atoms with van der Waals surface area (Å²) in [7, 11) is 0. The number of benzene rings is 1. The molecule has 2 rings (SSSR count). The Morgan fingerprint density at radius 2 is 2.41 bits per heavy atom. The molecule has 1 aliphatic rings. The van der Waals surface area contributed by atoms with Gasteiger partial charge in [0.05, 0.1) is 19.3 Å². The first-order chi connectivity index (χ1) is 8.15. The van der Waals surface area contributed by atoms with Crippen LogP contribution < -0.4 is 0 Å². The fraction of sp³-hybridized carbons (Fsp3) is 0.462. The van der Waals surface area contributed by atoms with Gasteiger partial charge in [0.15, 0.2) is 5.78 Å². The Bertz CT molecular complexity index is 408. The Balaban J connectivity index is 1.97. The lowest BCUT2D eigenvalue weighted by molar-refractivity contribution is -0.0158. The second-order valence-electron chi connectivity index (χ2n) is 4.35. The number of carbonyl (C=O) groups excluding carboxylic acids is 1. The molecule has 1 aromatic rings. The maximum absolute atomic E-state index is 12.1. The standard InChI is InChI=1S/C13H16BrNO2/c1-10-8-15(5-6-17-10)9-13(16)11-3-2-4-12(14)7-11/h2-4,7,10H,5-6,8-9H2,1H3. The van der Waals surface area contributed by atoms with Gasteiger partial charge in [0.25, 0.3) is 0 Å². The molecule has 17 heavy (non-hydrogen) atoms. The summed E-state index contributed by atoms with van der Waals surface area (Å²) in [6, 6.07) is 7.54. The van der Waals surface area contributed by atoms with Gasteiger partial charge in [0.2, 0.25) is 0 Å². The van der Waals surface area contributed by atoms with Crippen molar-refractivity contribution in [2.24, 2.45) is 0 Å². The lowest BCUT2D eigenvalue weighted by Gasteiger charge is -2.30. The number of nitrogens with zero attached hydrogens (tertiary/aromatic N) is 1. The van der Waals surface area contributed by atoms with E-state index in [1.807, 2.05) is 31.2 Å². The third kappa shape index (κ3) is 3.63. The second-order valence-corrected chi connectivity index (χ2v) is 5.27. The molecule has 1 atom stereocenters. The lowest BCUT2D eigenvalue weighted by Crippen LogP contribution is -2.43. The van der Waals surface area contributed by atoms with E-state index in [0.717, 1.165) is 23.1 Å². The van der Waals surface area contributed by atoms with Gasteiger partial charge in [0.1, 0.15) is 0 Å². The van der Waals surface area contributed by atoms with Crippen molar-refractivity contribution in [3.8, 4) is 0 Å². The van der Waals surface area contributed by atoms with Crippen LogP contribution in [0.25, 0.3) is 0 Å². The maximum Gasteiger partial charge on any atom is 0.176 e. The zero-order valence-electron chi connectivity index (χ0n) is 9.86. The predicted molar refractivity (Wildman–Crippen MR) is 70.3 cm³/mol. The number of hydrogen-bond acceptors (Lipinski definition) is 3. The van der Waals surface area contributed by atoms with E-state index in [1.54, 1.807) is 0 Å². The first-order valence-electron chi connectivity index (χ1n) is 5.78. The molecule has 0 radical (unpaired) electrons. The van der Waals surface area contributed by atoms with E-state index in [1.165, 1.54) is 0 Å². The smallest absolute Gasteiger partial charge is 0.176 e. The number of carbonyl (C=O) groups is 1. The van der Waals surface area contributed by atoms with E-state index in [-0.39, 0.29) is 11.9 Å². The minimum atomic E-state index is 0.167. The van der Waals surface area contributed by atoms with Crippen molar-refractivity contribution in [3.05, 3.63) is 34.3 Å². The highest BCUT2D eigenvalue weighted by Crippen LogP contribution is 2.13. The minimum Gasteiger partial charge on any atom is -0.376 e. The number of ketones is 1. The van der Waals surface area contributed by atoms with Gasteiger partial charge in [-0.3, -0.25) is 9.69 Å². The number of rotatable bonds is 3. The Labute approximate surface area is 110 Å². The van der Waals surface area contributed by atoms with Crippen LogP contribution in [0.15, 0.2) is 28.7 Å². The van der Waals surface area contributed by atoms with E-state index in [2.05, 4.69) is 20.8 Å². The molecule has 3 nitrogen and oxygen atoms in total. The van der Waals surface area contributed by atoms with Gasteiger partial charge in [-0.05, 0) is 19.1 Å². The molecule has 1 aliphatic heterocycles. The molecule has 0 saturated carbocycles. The summed E-state index contributed by atoms with van der Waals surface area (Å²) >= 11 is 3.38. The third-order valence-electron chi connectivity index (χ3n) is 2.84. The summed E-state index contributed by atoms with van der Waals surface area (Å²) in [5, 5.41) is 0. The highest BCUT2D eigenvalue weighted by molar-refractivity contribution is 9.10. The Morgan fingerprint density at radius 1 is 1.59 bits per heavy atom. The number of ether oxygens (including phenoxy) is 1. The van der Waals surface area contributed by atoms with Gasteiger partial charge in [-0.1, -0.05) is 28.1 Å². The number of halogens is 1. The monoisotopic (exact) mass is 297 g/mol. The van der Waals surface area contributed by atoms with Crippen molar-refractivity contribution in [1.29, 1.82) is 0 Å². The summed E-state index contributed by atoms with van der Waals surface area (Å²) in [6.07, 6.45) is 0.221. The van der Waals surface area contributed by atoms with E-state index < -0.39 is 0 Å². The van der Waals surface area contributed by atoms with Crippen molar-refractivity contribution in [2.75, 3.05) is 26.2 Å². The average Bonchev–Trinajstić information content (AvgIpc) is 2.29. The summed E-state index contributed by atoms with van der Waals surface area (Å²) in [5.41, 5.74) is 0.763. The first kappa shape index (κ1) is 12.7. The SMILES string of the molecule is CC1CN(CC(=O)c2cccc(Br)c2)CCO1. The van der Waals surface area contributed by atoms with Gasteiger partial charge >= 0.3 is 0 Å². The molecule has 0 aromatic heterocycles. The van der Waals surface area contributed by atoms with Crippen molar-refractivity contribution in [1.82, 2.24) is 4.90 Å². The topological polar surface area (TPSA) is 29.5 Å². The second kappa shape index (κ2) is 5.76. The number of hydrogen-bond donors (Lipinski definition) is 0. The van der Waals surface area contributed by atoms with Crippen molar-refractivity contribution < 1.29 is 9.53 Å². The average molecular weight is 298 g/mol. The van der Waals surface area contributed by atoms with E-state index in [0.29, 0.717) is 13.2 Å². The zero-order chi connectivity index (χ0) is 12.3. The van der Waals surface area contributed by atoms with Gasteiger partial charge in [-0.15, -0.1) is 0 Å². The molecule has 4 heteroatoms. The molecule has 0 bridgehead atoms. The molecule has 0 amide bonds. The van der Waals surface area contributed by atoms with E-state index in [9.17, 15) is 4.79 Å². The fourth-order valence-electron chi connectivity index (χ4n) is 1.99. The van der Waals surface area contributed by atoms with Crippen LogP contribution in [0.1, 0.15) is 17.3 Å². The molecule has 1 aromatic carbocycles. The van der Waals surface area contributed by atoms with Crippen LogP contribution in [0, 0.1) is 0 Å². The third-order valence-corrected chi connectivity index (χ3v) is 3.33. The Kier molecular flexibility index (Phi) is 4.31. The fourth-order valence-corrected chi connectivity index (χ4v) is 2.39. The summed E-state index contributed by atoms with van der Waals surface area (Å²) in [4.78, 5) is 14.2. The van der Waals surface area contributed by atoms with Crippen molar-refractivity contribution in [3.63, 3.8) is 0 Å². The van der Waals surface area contributed by atoms with Crippen LogP contribution in [-0.2, 0) is 4.74 Å². The maximum atomic E-state index is 12.1. The quantitative estimate of drug-likeness (QED) is 0.802. The van der Waals surface area contributed by atoms with Gasteiger partial charge in [-0.25, -0.2) is 0 Å². The minimum absolute atomic E-state index is 0.167. The molecule has 1 unspecified atom stereocenters. The summed E-state index contributed by atoms with van der Waals surface area (Å²) < 4.78 is 6.40. The van der Waals surface area contributed by atoms with Crippen LogP contribution in [0.5, 0.6) is 0 Å². The molecule has 0 spiro atoms. The molecular formula is C13H16BrNO2. The van der Waals surface area contributed by atoms with Crippen LogP contribution >= 0.6 is 15.9 Å². The Morgan fingerprint density at radius 3 is 3.12 bits per heavy atom. The predicted octanol–water partition coefficient (Wildman–Crippen LogP) is 2.35. The van der Waals surface area contributed by atoms with Crippen molar-refractivity contribution >= 4 is 21.7 Å². The lowest BCUT2D eigenvalue weighted by atomic mass is 10.1. The summed E-state index contributed by atoms with van der Waals surface area (Å²) in [6.45, 7) is 4.90. The molecular weight excluding hydrogens is 282 g/mol. The van der Waals surface area contributed by atoms with Crippen molar-refractivity contribution in [2.45, 2.75) is 13.0 Å². The molecule has 1 heterocycles. The molecule has 0 aliphatic carbocycles. The first-order valence-corrected chi connectivity index (χ1v) is 6.57. The normalized spacial score (nSPS) is 21.4. The van der Waals surface area contributed by atoms with Crippen LogP contribution in [-0.4, -0.2) is 43.0 Å². The number of morpholine rings is 1. The molecule has 92 valence electrons. The van der Waals surface area contributed by atoms with Crippen LogP contribution in [0.4, 0.5) is 0 Å². The molecule has 0 N–H and O–H groups in total. The van der Waals surface area contributed by atoms with Crippen LogP contribution in [0.2, 0.25) is 0 Å². The highest BCUT2D eigenvalue weighted by atomic mass is 79.9. The Hall–Kier alpha value is -0.710. The molecule has 1 fully saturated rings. The summed E-state index contributed by atoms with van der Waals surface area (Å²) in [5.74, 6) is 0.167. The van der Waals surface area contributed by atoms with Gasteiger partial charge in [0, 0.05) is 23.1 Å². The van der Waals surface area contributed by atoms with E-state index in [4.69, 9.17) is 4.74 Å². The zero-order valence-corrected chi connectivity index (χ0v) is 11.4. The van der Waals surface area contributed by atoms with Gasteiger partial charge < -0.3 is 4.74 Å². The number of Topliss-reactive ketones (excluding diaryl/α,β-unsaturated/α-hetero) is 1. The van der Waals surface area contributed by atoms with Crippen LogP contribution in [0.3, 0.4) is 0 Å². The molecule has 1 saturated heterocycles. The van der Waals surface area contributed by atoms with Gasteiger partial charge in [-0.2, -0.15) is 0 Å². The largest absolute Gasteiger partial charge is 0.376 e. The highest BCUT2D eigenvalue weighted by Gasteiger charge is 2.19. The van der Waals surface area contributed by atoms with E-state index >= 15 is 0 Å².